The van der Waals surface area contributed by atoms with Gasteiger partial charge in [-0.25, -0.2) is 8.42 Å². The Labute approximate surface area is 146 Å². The molecular formula is C17H19ClO5S. The molecule has 5 nitrogen and oxygen atoms in total. The zero-order chi connectivity index (χ0) is 18.1. The monoisotopic (exact) mass is 370 g/mol. The number of sulfone groups is 1. The fraction of sp³-hybridized carbons (Fsp3) is 0.471. The first-order valence-corrected chi connectivity index (χ1v) is 9.75. The fourth-order valence-electron chi connectivity index (χ4n) is 2.99. The summed E-state index contributed by atoms with van der Waals surface area (Å²) in [5.74, 6) is -3.49. The van der Waals surface area contributed by atoms with Crippen LogP contribution in [0.25, 0.3) is 0 Å². The Morgan fingerprint density at radius 3 is 2.25 bits per heavy atom. The molecule has 0 radical (unpaired) electrons. The number of carbonyl (C=O) groups is 3. The zero-order valence-electron chi connectivity index (χ0n) is 13.5. The molecule has 0 spiro atoms. The van der Waals surface area contributed by atoms with Crippen molar-refractivity contribution in [3.8, 4) is 0 Å². The summed E-state index contributed by atoms with van der Waals surface area (Å²) < 4.78 is 24.6. The standard InChI is InChI=1S/C17H19ClO5S/c1-17(2)9-12(19)15(13(20)10-17)16(21)11-5-3-4-6-14(11)24(22,23)8-7-18/h3-6,15H,7-10H2,1-2H3. The summed E-state index contributed by atoms with van der Waals surface area (Å²) in [6.07, 6.45) is 0.234. The molecule has 0 N–H and O–H groups in total. The molecule has 2 rings (SSSR count). The molecule has 24 heavy (non-hydrogen) atoms. The van der Waals surface area contributed by atoms with Crippen LogP contribution in [0.1, 0.15) is 37.0 Å². The molecule has 1 aliphatic carbocycles. The smallest absolute Gasteiger partial charge is 0.182 e. The van der Waals surface area contributed by atoms with Gasteiger partial charge in [-0.1, -0.05) is 32.0 Å². The molecule has 1 aliphatic rings. The number of benzene rings is 1. The van der Waals surface area contributed by atoms with Crippen molar-refractivity contribution in [2.24, 2.45) is 11.3 Å². The molecule has 130 valence electrons. The van der Waals surface area contributed by atoms with Crippen molar-refractivity contribution >= 4 is 38.8 Å². The Morgan fingerprint density at radius 1 is 1.17 bits per heavy atom. The van der Waals surface area contributed by atoms with Crippen molar-refractivity contribution in [1.29, 1.82) is 0 Å². The molecule has 0 aromatic heterocycles. The Bertz CT molecular complexity index is 775. The van der Waals surface area contributed by atoms with Crippen LogP contribution in [-0.4, -0.2) is 37.4 Å². The average molecular weight is 371 g/mol. The highest BCUT2D eigenvalue weighted by Gasteiger charge is 2.44. The number of rotatable bonds is 5. The van der Waals surface area contributed by atoms with Gasteiger partial charge < -0.3 is 0 Å². The van der Waals surface area contributed by atoms with Crippen molar-refractivity contribution in [2.75, 3.05) is 11.6 Å². The first kappa shape index (κ1) is 18.8. The van der Waals surface area contributed by atoms with E-state index in [1.165, 1.54) is 24.3 Å². The molecule has 1 aromatic rings. The summed E-state index contributed by atoms with van der Waals surface area (Å²) in [6, 6.07) is 5.64. The first-order valence-electron chi connectivity index (χ1n) is 7.56. The summed E-state index contributed by atoms with van der Waals surface area (Å²) in [4.78, 5) is 37.2. The first-order chi connectivity index (χ1) is 11.1. The van der Waals surface area contributed by atoms with E-state index in [1.54, 1.807) is 13.8 Å². The quantitative estimate of drug-likeness (QED) is 0.451. The van der Waals surface area contributed by atoms with Gasteiger partial charge in [-0.05, 0) is 11.5 Å². The Balaban J connectivity index is 2.45. The molecule has 1 fully saturated rings. The highest BCUT2D eigenvalue weighted by molar-refractivity contribution is 7.91. The largest absolute Gasteiger partial charge is 0.298 e. The molecular weight excluding hydrogens is 352 g/mol. The van der Waals surface area contributed by atoms with Crippen molar-refractivity contribution in [1.82, 2.24) is 0 Å². The predicted octanol–water partition coefficient (Wildman–Crippen LogP) is 2.46. The van der Waals surface area contributed by atoms with Gasteiger partial charge in [-0.3, -0.25) is 14.4 Å². The van der Waals surface area contributed by atoms with Crippen LogP contribution in [0, 0.1) is 11.3 Å². The van der Waals surface area contributed by atoms with E-state index in [9.17, 15) is 22.8 Å². The maximum absolute atomic E-state index is 12.8. The third-order valence-electron chi connectivity index (χ3n) is 4.05. The van der Waals surface area contributed by atoms with Gasteiger partial charge in [0, 0.05) is 24.3 Å². The predicted molar refractivity (Wildman–Crippen MR) is 90.1 cm³/mol. The lowest BCUT2D eigenvalue weighted by atomic mass is 9.70. The van der Waals surface area contributed by atoms with E-state index >= 15 is 0 Å². The second-order valence-electron chi connectivity index (χ2n) is 6.75. The molecule has 0 heterocycles. The maximum atomic E-state index is 12.8. The molecule has 0 unspecified atom stereocenters. The number of ketones is 3. The Hall–Kier alpha value is -1.53. The van der Waals surface area contributed by atoms with E-state index < -0.39 is 38.5 Å². The van der Waals surface area contributed by atoms with Gasteiger partial charge in [0.15, 0.2) is 27.2 Å². The van der Waals surface area contributed by atoms with E-state index in [1.807, 2.05) is 0 Å². The SMILES string of the molecule is CC1(C)CC(=O)C(C(=O)c2ccccc2S(=O)(=O)CCCl)C(=O)C1. The summed E-state index contributed by atoms with van der Waals surface area (Å²) in [6.45, 7) is 3.59. The summed E-state index contributed by atoms with van der Waals surface area (Å²) in [5.41, 5.74) is -0.594. The minimum Gasteiger partial charge on any atom is -0.298 e. The molecule has 1 saturated carbocycles. The second-order valence-corrected chi connectivity index (χ2v) is 9.21. The van der Waals surface area contributed by atoms with Crippen LogP contribution in [0.3, 0.4) is 0 Å². The summed E-state index contributed by atoms with van der Waals surface area (Å²) in [5, 5.41) is 0. The van der Waals surface area contributed by atoms with Crippen LogP contribution in [0.4, 0.5) is 0 Å². The highest BCUT2D eigenvalue weighted by Crippen LogP contribution is 2.35. The molecule has 0 bridgehead atoms. The van der Waals surface area contributed by atoms with E-state index in [-0.39, 0.29) is 34.9 Å². The minimum absolute atomic E-state index is 0.111. The van der Waals surface area contributed by atoms with Crippen LogP contribution in [-0.2, 0) is 19.4 Å². The van der Waals surface area contributed by atoms with E-state index in [4.69, 9.17) is 11.6 Å². The molecule has 0 saturated heterocycles. The average Bonchev–Trinajstić information content (AvgIpc) is 2.45. The van der Waals surface area contributed by atoms with Crippen LogP contribution in [0.15, 0.2) is 29.2 Å². The third-order valence-corrected chi connectivity index (χ3v) is 6.23. The minimum atomic E-state index is -3.76. The van der Waals surface area contributed by atoms with E-state index in [0.29, 0.717) is 0 Å². The van der Waals surface area contributed by atoms with Gasteiger partial charge in [0.2, 0.25) is 0 Å². The van der Waals surface area contributed by atoms with Crippen LogP contribution < -0.4 is 0 Å². The zero-order valence-corrected chi connectivity index (χ0v) is 15.1. The normalized spacial score (nSPS) is 18.6. The van der Waals surface area contributed by atoms with Crippen LogP contribution in [0.2, 0.25) is 0 Å². The highest BCUT2D eigenvalue weighted by atomic mass is 35.5. The van der Waals surface area contributed by atoms with E-state index in [2.05, 4.69) is 0 Å². The van der Waals surface area contributed by atoms with Crippen molar-refractivity contribution in [3.63, 3.8) is 0 Å². The number of alkyl halides is 1. The van der Waals surface area contributed by atoms with Gasteiger partial charge >= 0.3 is 0 Å². The Morgan fingerprint density at radius 2 is 1.71 bits per heavy atom. The molecule has 0 aliphatic heterocycles. The van der Waals surface area contributed by atoms with Gasteiger partial charge in [0.1, 0.15) is 5.92 Å². The fourth-order valence-corrected chi connectivity index (χ4v) is 4.81. The summed E-state index contributed by atoms with van der Waals surface area (Å²) in [7, 11) is -3.76. The maximum Gasteiger partial charge on any atom is 0.182 e. The number of hydrogen-bond donors (Lipinski definition) is 0. The third kappa shape index (κ3) is 3.75. The molecule has 7 heteroatoms. The number of carbonyl (C=O) groups excluding carboxylic acids is 3. The Kier molecular flexibility index (Phi) is 5.30. The lowest BCUT2D eigenvalue weighted by molar-refractivity contribution is -0.137. The number of halogens is 1. The van der Waals surface area contributed by atoms with Crippen molar-refractivity contribution in [3.05, 3.63) is 29.8 Å². The number of Topliss-reactive ketones (excluding diaryl/α,β-unsaturated/α-hetero) is 3. The lowest BCUT2D eigenvalue weighted by Gasteiger charge is -2.31. The van der Waals surface area contributed by atoms with Gasteiger partial charge in [-0.2, -0.15) is 0 Å². The van der Waals surface area contributed by atoms with Crippen LogP contribution in [0.5, 0.6) is 0 Å². The summed E-state index contributed by atoms with van der Waals surface area (Å²) >= 11 is 5.52. The van der Waals surface area contributed by atoms with Gasteiger partial charge in [0.25, 0.3) is 0 Å². The van der Waals surface area contributed by atoms with Crippen molar-refractivity contribution in [2.45, 2.75) is 31.6 Å². The van der Waals surface area contributed by atoms with Crippen LogP contribution >= 0.6 is 11.6 Å². The second kappa shape index (κ2) is 6.76. The molecule has 1 aromatic carbocycles. The lowest BCUT2D eigenvalue weighted by Crippen LogP contribution is -2.42. The van der Waals surface area contributed by atoms with Crippen molar-refractivity contribution < 1.29 is 22.8 Å². The van der Waals surface area contributed by atoms with Gasteiger partial charge in [-0.15, -0.1) is 11.6 Å². The van der Waals surface area contributed by atoms with Gasteiger partial charge in [0.05, 0.1) is 10.6 Å². The number of hydrogen-bond acceptors (Lipinski definition) is 5. The molecule has 0 amide bonds. The topological polar surface area (TPSA) is 85.3 Å². The molecule has 0 atom stereocenters. The van der Waals surface area contributed by atoms with E-state index in [0.717, 1.165) is 0 Å².